The van der Waals surface area contributed by atoms with E-state index in [1.54, 1.807) is 6.92 Å². The second-order valence-electron chi connectivity index (χ2n) is 5.93. The summed E-state index contributed by atoms with van der Waals surface area (Å²) in [5.41, 5.74) is -1.32. The number of alkyl carbamates (subject to hydrolysis) is 1. The predicted molar refractivity (Wildman–Crippen MR) is 91.3 cm³/mol. The van der Waals surface area contributed by atoms with E-state index in [-0.39, 0.29) is 25.3 Å². The Kier molecular flexibility index (Phi) is 6.69. The van der Waals surface area contributed by atoms with Crippen LogP contribution in [0.25, 0.3) is 0 Å². The second kappa shape index (κ2) is 8.79. The molecule has 2 rings (SSSR count). The Morgan fingerprint density at radius 2 is 2.04 bits per heavy atom. The van der Waals surface area contributed by atoms with Crippen LogP contribution < -0.4 is 15.5 Å². The van der Waals surface area contributed by atoms with Gasteiger partial charge in [0.2, 0.25) is 0 Å². The molecule has 1 aromatic carbocycles. The normalized spacial score (nSPS) is 19.1. The van der Waals surface area contributed by atoms with E-state index in [1.807, 2.05) is 0 Å². The van der Waals surface area contributed by atoms with Gasteiger partial charge in [0, 0.05) is 18.8 Å². The summed E-state index contributed by atoms with van der Waals surface area (Å²) in [6, 6.07) is 4.88. The number of hydrogen-bond donors (Lipinski definition) is 2. The van der Waals surface area contributed by atoms with Gasteiger partial charge in [-0.2, -0.15) is 18.4 Å². The number of benzene rings is 1. The number of nitriles is 1. The number of amides is 2. The first-order chi connectivity index (χ1) is 13.2. The predicted octanol–water partition coefficient (Wildman–Crippen LogP) is 1.60. The van der Waals surface area contributed by atoms with Crippen LogP contribution in [0.1, 0.15) is 18.1 Å². The molecule has 1 aliphatic rings. The van der Waals surface area contributed by atoms with Gasteiger partial charge in [0.15, 0.2) is 6.10 Å². The maximum atomic E-state index is 13.2. The van der Waals surface area contributed by atoms with Gasteiger partial charge in [-0.05, 0) is 25.1 Å². The van der Waals surface area contributed by atoms with Gasteiger partial charge in [0.05, 0.1) is 30.9 Å². The van der Waals surface area contributed by atoms with Gasteiger partial charge < -0.3 is 25.0 Å². The molecule has 0 unspecified atom stereocenters. The number of methoxy groups -OCH3 is 1. The molecule has 1 saturated heterocycles. The van der Waals surface area contributed by atoms with Crippen LogP contribution in [-0.2, 0) is 20.4 Å². The topological polar surface area (TPSA) is 104 Å². The average Bonchev–Trinajstić information content (AvgIpc) is 3.05. The minimum absolute atomic E-state index is 0.0423. The summed E-state index contributed by atoms with van der Waals surface area (Å²) in [6.45, 7) is 1.93. The van der Waals surface area contributed by atoms with Crippen LogP contribution in [0.3, 0.4) is 0 Å². The Balaban J connectivity index is 2.03. The highest BCUT2D eigenvalue weighted by Gasteiger charge is 2.37. The molecule has 0 spiro atoms. The fraction of sp³-hybridized carbons (Fsp3) is 0.471. The third-order valence-corrected chi connectivity index (χ3v) is 4.09. The third kappa shape index (κ3) is 5.04. The molecule has 0 radical (unpaired) electrons. The summed E-state index contributed by atoms with van der Waals surface area (Å²) in [7, 11) is 1.21. The van der Waals surface area contributed by atoms with E-state index >= 15 is 0 Å². The molecule has 1 fully saturated rings. The van der Waals surface area contributed by atoms with Crippen molar-refractivity contribution in [1.82, 2.24) is 10.6 Å². The first kappa shape index (κ1) is 21.3. The maximum absolute atomic E-state index is 13.2. The Labute approximate surface area is 159 Å². The molecule has 2 N–H and O–H groups in total. The molecule has 11 heteroatoms. The van der Waals surface area contributed by atoms with E-state index in [0.717, 1.165) is 12.1 Å². The van der Waals surface area contributed by atoms with Crippen molar-refractivity contribution in [1.29, 1.82) is 5.26 Å². The molecule has 152 valence electrons. The maximum Gasteiger partial charge on any atom is 0.417 e. The van der Waals surface area contributed by atoms with Crippen LogP contribution in [0.4, 0.5) is 23.7 Å². The Hall–Kier alpha value is -3.00. The first-order valence-corrected chi connectivity index (χ1v) is 8.30. The summed E-state index contributed by atoms with van der Waals surface area (Å²) >= 11 is 0. The lowest BCUT2D eigenvalue weighted by Gasteiger charge is -2.23. The quantitative estimate of drug-likeness (QED) is 0.728. The number of alkyl halides is 3. The molecular formula is C17H19F3N4O4. The average molecular weight is 400 g/mol. The molecule has 0 saturated carbocycles. The molecule has 0 aromatic heterocycles. The smallest absolute Gasteiger partial charge is 0.417 e. The standard InChI is InChI=1S/C17H19F3N4O4/c1-10-24(12-4-3-11(8-21)13(7-12)17(18,19)20)9-14(28-10)15(25)22-5-6-23-16(26)27-2/h3-4,7,10,14H,5-6,9H2,1-2H3,(H,22,25)(H,23,26)/t10-,14+/m1/s1. The van der Waals surface area contributed by atoms with Gasteiger partial charge in [-0.1, -0.05) is 0 Å². The van der Waals surface area contributed by atoms with Crippen molar-refractivity contribution >= 4 is 17.7 Å². The minimum Gasteiger partial charge on any atom is -0.453 e. The van der Waals surface area contributed by atoms with Crippen LogP contribution in [0.15, 0.2) is 18.2 Å². The number of nitrogens with one attached hydrogen (secondary N) is 2. The summed E-state index contributed by atoms with van der Waals surface area (Å²) in [5, 5.41) is 13.8. The van der Waals surface area contributed by atoms with Crippen LogP contribution in [0, 0.1) is 11.3 Å². The number of hydrogen-bond acceptors (Lipinski definition) is 6. The molecule has 8 nitrogen and oxygen atoms in total. The van der Waals surface area contributed by atoms with Crippen LogP contribution in [0.2, 0.25) is 0 Å². The molecule has 0 bridgehead atoms. The number of anilines is 1. The lowest BCUT2D eigenvalue weighted by atomic mass is 10.1. The van der Waals surface area contributed by atoms with Crippen LogP contribution in [-0.4, -0.2) is 51.1 Å². The summed E-state index contributed by atoms with van der Waals surface area (Å²) in [6.07, 6.45) is -6.84. The van der Waals surface area contributed by atoms with Gasteiger partial charge in [-0.25, -0.2) is 4.79 Å². The van der Waals surface area contributed by atoms with E-state index < -0.39 is 41.6 Å². The number of halogens is 3. The van der Waals surface area contributed by atoms with Crippen LogP contribution >= 0.6 is 0 Å². The zero-order valence-corrected chi connectivity index (χ0v) is 15.2. The monoisotopic (exact) mass is 400 g/mol. The lowest BCUT2D eigenvalue weighted by molar-refractivity contribution is -0.137. The highest BCUT2D eigenvalue weighted by Crippen LogP contribution is 2.35. The molecule has 0 aliphatic carbocycles. The zero-order valence-electron chi connectivity index (χ0n) is 15.2. The van der Waals surface area contributed by atoms with Crippen molar-refractivity contribution in [3.05, 3.63) is 29.3 Å². The van der Waals surface area contributed by atoms with Crippen molar-refractivity contribution in [2.45, 2.75) is 25.4 Å². The van der Waals surface area contributed by atoms with Gasteiger partial charge in [0.25, 0.3) is 5.91 Å². The molecule has 2 atom stereocenters. The Bertz CT molecular complexity index is 779. The van der Waals surface area contributed by atoms with Crippen molar-refractivity contribution in [2.24, 2.45) is 0 Å². The molecule has 1 heterocycles. The SMILES string of the molecule is COC(=O)NCCNC(=O)[C@@H]1CN(c2ccc(C#N)c(C(F)(F)F)c2)[C@@H](C)O1. The minimum atomic E-state index is -4.67. The van der Waals surface area contributed by atoms with Gasteiger partial charge in [-0.15, -0.1) is 0 Å². The van der Waals surface area contributed by atoms with E-state index in [0.29, 0.717) is 0 Å². The van der Waals surface area contributed by atoms with Crippen molar-refractivity contribution in [3.8, 4) is 6.07 Å². The number of ether oxygens (including phenoxy) is 2. The van der Waals surface area contributed by atoms with Crippen molar-refractivity contribution in [3.63, 3.8) is 0 Å². The first-order valence-electron chi connectivity index (χ1n) is 8.30. The molecule has 2 amide bonds. The molecule has 1 aromatic rings. The third-order valence-electron chi connectivity index (χ3n) is 4.09. The number of nitrogens with zero attached hydrogens (tertiary/aromatic N) is 2. The zero-order chi connectivity index (χ0) is 20.9. The Morgan fingerprint density at radius 3 is 2.64 bits per heavy atom. The fourth-order valence-electron chi connectivity index (χ4n) is 2.72. The summed E-state index contributed by atoms with van der Waals surface area (Å²) in [5.74, 6) is -0.453. The number of rotatable bonds is 5. The number of carbonyl (C=O) groups excluding carboxylic acids is 2. The van der Waals surface area contributed by atoms with E-state index in [1.165, 1.54) is 24.1 Å². The van der Waals surface area contributed by atoms with E-state index in [2.05, 4.69) is 15.4 Å². The highest BCUT2D eigenvalue weighted by atomic mass is 19.4. The van der Waals surface area contributed by atoms with Gasteiger partial charge >= 0.3 is 12.3 Å². The summed E-state index contributed by atoms with van der Waals surface area (Å²) < 4.78 is 49.4. The van der Waals surface area contributed by atoms with Gasteiger partial charge in [-0.3, -0.25) is 4.79 Å². The number of carbonyl (C=O) groups is 2. The highest BCUT2D eigenvalue weighted by molar-refractivity contribution is 5.82. The van der Waals surface area contributed by atoms with E-state index in [4.69, 9.17) is 10.00 Å². The summed E-state index contributed by atoms with van der Waals surface area (Å²) in [4.78, 5) is 24.6. The van der Waals surface area contributed by atoms with E-state index in [9.17, 15) is 22.8 Å². The van der Waals surface area contributed by atoms with Crippen LogP contribution in [0.5, 0.6) is 0 Å². The molecule has 28 heavy (non-hydrogen) atoms. The fourth-order valence-corrected chi connectivity index (χ4v) is 2.72. The molecular weight excluding hydrogens is 381 g/mol. The second-order valence-corrected chi connectivity index (χ2v) is 5.93. The van der Waals surface area contributed by atoms with Crippen molar-refractivity contribution < 1.29 is 32.2 Å². The van der Waals surface area contributed by atoms with Gasteiger partial charge in [0.1, 0.15) is 6.23 Å². The Morgan fingerprint density at radius 1 is 1.36 bits per heavy atom. The molecule has 1 aliphatic heterocycles. The lowest BCUT2D eigenvalue weighted by Crippen LogP contribution is -2.41. The van der Waals surface area contributed by atoms with Crippen molar-refractivity contribution in [2.75, 3.05) is 31.6 Å². The largest absolute Gasteiger partial charge is 0.453 e.